The third kappa shape index (κ3) is 7.54. The molecule has 3 heterocycles. The largest absolute Gasteiger partial charge is 0.509 e. The topological polar surface area (TPSA) is 46.4 Å². The van der Waals surface area contributed by atoms with Crippen molar-refractivity contribution in [1.82, 2.24) is 14.5 Å². The molecule has 0 bridgehead atoms. The first-order valence-electron chi connectivity index (χ1n) is 18.8. The smallest absolute Gasteiger partial charge is 0.232 e. The van der Waals surface area contributed by atoms with Gasteiger partial charge in [-0.3, -0.25) is 0 Å². The molecule has 0 spiro atoms. The molecule has 6 nitrogen and oxygen atoms in total. The quantitative estimate of drug-likeness (QED) is 0.156. The third-order valence-electron chi connectivity index (χ3n) is 10.2. The molecule has 1 aliphatic rings. The third-order valence-corrected chi connectivity index (χ3v) is 10.2. The molecule has 0 amide bonds. The van der Waals surface area contributed by atoms with Crippen molar-refractivity contribution < 1.29 is 25.8 Å². The Morgan fingerprint density at radius 1 is 0.655 bits per heavy atom. The van der Waals surface area contributed by atoms with Gasteiger partial charge in [-0.05, 0) is 51.6 Å². The van der Waals surface area contributed by atoms with E-state index >= 15 is 0 Å². The molecule has 0 N–H and O–H groups in total. The van der Waals surface area contributed by atoms with E-state index in [4.69, 9.17) is 14.7 Å². The van der Waals surface area contributed by atoms with Crippen molar-refractivity contribution in [2.75, 3.05) is 9.80 Å². The van der Waals surface area contributed by atoms with E-state index in [1.54, 1.807) is 0 Å². The van der Waals surface area contributed by atoms with Gasteiger partial charge >= 0.3 is 0 Å². The maximum Gasteiger partial charge on any atom is 0.232 e. The van der Waals surface area contributed by atoms with Gasteiger partial charge in [0.1, 0.15) is 0 Å². The summed E-state index contributed by atoms with van der Waals surface area (Å²) in [6.07, 6.45) is 1.85. The van der Waals surface area contributed by atoms with Gasteiger partial charge in [0, 0.05) is 67.6 Å². The maximum atomic E-state index is 6.76. The summed E-state index contributed by atoms with van der Waals surface area (Å²) in [6, 6.07) is 43.6. The van der Waals surface area contributed by atoms with Crippen LogP contribution in [0, 0.1) is 18.8 Å². The van der Waals surface area contributed by atoms with Crippen LogP contribution in [0.3, 0.4) is 0 Å². The molecule has 0 saturated carbocycles. The van der Waals surface area contributed by atoms with E-state index in [0.29, 0.717) is 17.4 Å². The Morgan fingerprint density at radius 3 is 2.07 bits per heavy atom. The number of para-hydroxylation sites is 2. The van der Waals surface area contributed by atoms with E-state index in [2.05, 4.69) is 186 Å². The molecule has 0 aliphatic carbocycles. The van der Waals surface area contributed by atoms with Crippen LogP contribution in [-0.2, 0) is 43.9 Å². The molecule has 0 fully saturated rings. The summed E-state index contributed by atoms with van der Waals surface area (Å²) in [5.74, 6) is 1.84. The van der Waals surface area contributed by atoms with E-state index in [1.807, 2.05) is 18.3 Å². The fourth-order valence-corrected chi connectivity index (χ4v) is 7.07. The van der Waals surface area contributed by atoms with Gasteiger partial charge in [-0.15, -0.1) is 47.0 Å². The molecule has 284 valence electrons. The maximum absolute atomic E-state index is 6.76. The summed E-state index contributed by atoms with van der Waals surface area (Å²) in [5, 5.41) is 2.21. The van der Waals surface area contributed by atoms with Crippen molar-refractivity contribution in [3.8, 4) is 17.4 Å². The molecule has 0 saturated heterocycles. The number of nitrogens with zero attached hydrogens (tertiary/aromatic N) is 5. The molecule has 7 aromatic rings. The van der Waals surface area contributed by atoms with Gasteiger partial charge in [0.25, 0.3) is 0 Å². The van der Waals surface area contributed by atoms with Gasteiger partial charge in [-0.25, -0.2) is 9.97 Å². The fourth-order valence-electron chi connectivity index (χ4n) is 7.07. The Bertz CT molecular complexity index is 2500. The summed E-state index contributed by atoms with van der Waals surface area (Å²) in [6.45, 7) is 22.9. The molecule has 55 heavy (non-hydrogen) atoms. The Labute approximate surface area is 340 Å². The zero-order valence-electron chi connectivity index (χ0n) is 33.1. The number of benzene rings is 5. The van der Waals surface area contributed by atoms with Crippen LogP contribution in [0.4, 0.5) is 17.1 Å². The summed E-state index contributed by atoms with van der Waals surface area (Å²) in [5.41, 5.74) is 9.43. The van der Waals surface area contributed by atoms with Crippen molar-refractivity contribution in [2.24, 2.45) is 0 Å². The molecule has 8 rings (SSSR count). The number of ether oxygens (including phenoxy) is 1. The van der Waals surface area contributed by atoms with Crippen molar-refractivity contribution >= 4 is 38.9 Å². The molecule has 2 aromatic heterocycles. The van der Waals surface area contributed by atoms with Gasteiger partial charge < -0.3 is 19.1 Å². The summed E-state index contributed by atoms with van der Waals surface area (Å²) < 4.78 is 8.88. The van der Waals surface area contributed by atoms with Crippen molar-refractivity contribution in [3.63, 3.8) is 0 Å². The number of anilines is 3. The Morgan fingerprint density at radius 2 is 1.36 bits per heavy atom. The van der Waals surface area contributed by atoms with Crippen LogP contribution in [0.2, 0.25) is 0 Å². The predicted octanol–water partition coefficient (Wildman–Crippen LogP) is 12.1. The Kier molecular flexibility index (Phi) is 9.96. The standard InChI is InChI=1S/C48H48N5O.Pt/c1-46(2,3)33-19-22-40-39(27-33)38-21-20-36(29-43(38)53(40)45-49-24-23-44(50-45)48(7,8)9)54-37-26-34(47(4,5)6)25-35(28-37)52-31-51(30-32-15-11-10-12-16-32)41-17-13-14-18-42(41)52;/h10-27,31H,30H2,1-9H3;/q-3;. The van der Waals surface area contributed by atoms with E-state index in [-0.39, 0.29) is 37.3 Å². The van der Waals surface area contributed by atoms with Gasteiger partial charge in [0.05, 0.1) is 5.69 Å². The molecular weight excluding hydrogens is 858 g/mol. The van der Waals surface area contributed by atoms with Crippen LogP contribution in [0.5, 0.6) is 11.5 Å². The second-order valence-electron chi connectivity index (χ2n) is 17.5. The molecule has 7 heteroatoms. The van der Waals surface area contributed by atoms with Gasteiger partial charge in [0.2, 0.25) is 5.95 Å². The first-order chi connectivity index (χ1) is 25.6. The predicted molar refractivity (Wildman–Crippen MR) is 222 cm³/mol. The van der Waals surface area contributed by atoms with Crippen molar-refractivity contribution in [1.29, 1.82) is 0 Å². The van der Waals surface area contributed by atoms with Crippen LogP contribution < -0.4 is 14.5 Å². The van der Waals surface area contributed by atoms with Crippen LogP contribution in [0.25, 0.3) is 27.8 Å². The number of fused-ring (bicyclic) bond motifs is 4. The summed E-state index contributed by atoms with van der Waals surface area (Å²) in [4.78, 5) is 14.4. The van der Waals surface area contributed by atoms with Gasteiger partial charge in [-0.1, -0.05) is 122 Å². The average Bonchev–Trinajstić information content (AvgIpc) is 3.66. The first kappa shape index (κ1) is 38.3. The SMILES string of the molecule is CC(C)(C)c1cc(Oc2[c-]c3c(cc2)c2cc(C(C)(C)C)ccc2n3-c2nccc(C(C)(C)C)n2)[c-]c(N2[CH-]N(Cc3ccccc3)c3ccccc32)c1.[Pt]. The van der Waals surface area contributed by atoms with E-state index < -0.39 is 0 Å². The Hall–Kier alpha value is -4.93. The minimum Gasteiger partial charge on any atom is -0.509 e. The van der Waals surface area contributed by atoms with Crippen LogP contribution in [-0.4, -0.2) is 14.5 Å². The monoisotopic (exact) mass is 905 g/mol. The summed E-state index contributed by atoms with van der Waals surface area (Å²) in [7, 11) is 0. The average molecular weight is 906 g/mol. The van der Waals surface area contributed by atoms with Crippen molar-refractivity contribution in [3.05, 3.63) is 151 Å². The molecule has 1 aliphatic heterocycles. The van der Waals surface area contributed by atoms with E-state index in [1.165, 1.54) is 11.1 Å². The fraction of sp³-hybridized carbons (Fsp3) is 0.271. The minimum atomic E-state index is -0.134. The molecule has 0 atom stereocenters. The van der Waals surface area contributed by atoms with Gasteiger partial charge in [-0.2, -0.15) is 12.7 Å². The molecule has 0 radical (unpaired) electrons. The Balaban J connectivity index is 0.00000465. The summed E-state index contributed by atoms with van der Waals surface area (Å²) >= 11 is 0. The van der Waals surface area contributed by atoms with Crippen LogP contribution in [0.1, 0.15) is 84.7 Å². The normalized spacial score (nSPS) is 13.3. The number of hydrogen-bond donors (Lipinski definition) is 0. The minimum absolute atomic E-state index is 0. The number of aromatic nitrogens is 3. The van der Waals surface area contributed by atoms with Crippen LogP contribution in [0.15, 0.2) is 109 Å². The number of hydrogen-bond acceptors (Lipinski definition) is 5. The first-order valence-corrected chi connectivity index (χ1v) is 18.8. The van der Waals surface area contributed by atoms with Gasteiger partial charge in [0.15, 0.2) is 0 Å². The molecule has 5 aromatic carbocycles. The van der Waals surface area contributed by atoms with E-state index in [9.17, 15) is 0 Å². The second kappa shape index (κ2) is 14.3. The van der Waals surface area contributed by atoms with Crippen molar-refractivity contribution in [2.45, 2.75) is 85.1 Å². The number of rotatable bonds is 6. The van der Waals surface area contributed by atoms with E-state index in [0.717, 1.165) is 56.7 Å². The van der Waals surface area contributed by atoms with Crippen LogP contribution >= 0.6 is 0 Å². The second-order valence-corrected chi connectivity index (χ2v) is 17.5. The zero-order valence-corrected chi connectivity index (χ0v) is 35.4. The molecule has 0 unspecified atom stereocenters. The molecular formula is C48H48N5OPt-3. The zero-order chi connectivity index (χ0) is 38.0.